The predicted octanol–water partition coefficient (Wildman–Crippen LogP) is 10.4. The van der Waals surface area contributed by atoms with Crippen molar-refractivity contribution in [1.82, 2.24) is 4.57 Å². The number of carbonyl (C=O) groups is 1. The Labute approximate surface area is 254 Å². The Hall–Kier alpha value is -1.99. The van der Waals surface area contributed by atoms with Gasteiger partial charge in [-0.1, -0.05) is 133 Å². The number of hydrogen-bond acceptors (Lipinski definition) is 6. The highest BCUT2D eigenvalue weighted by molar-refractivity contribution is 8.03. The molecule has 3 rings (SSSR count). The van der Waals surface area contributed by atoms with Gasteiger partial charge in [0.25, 0.3) is 0 Å². The first kappa shape index (κ1) is 32.5. The summed E-state index contributed by atoms with van der Waals surface area (Å²) in [6.07, 6.45) is 23.5. The summed E-state index contributed by atoms with van der Waals surface area (Å²) < 4.78 is 1.58. The van der Waals surface area contributed by atoms with Crippen molar-refractivity contribution >= 4 is 53.0 Å². The molecule has 220 valence electrons. The molecule has 1 aromatic carbocycles. The number of unbranched alkanes of at least 4 members (excludes halogenated alkanes) is 15. The molecule has 2 heterocycles. The summed E-state index contributed by atoms with van der Waals surface area (Å²) in [5.74, 6) is -1.15. The minimum absolute atomic E-state index is 0.115. The third-order valence-electron chi connectivity index (χ3n) is 7.36. The average molecular weight is 603 g/mol. The number of aromatic hydroxyl groups is 1. The maximum absolute atomic E-state index is 11.1. The van der Waals surface area contributed by atoms with Crippen LogP contribution >= 0.6 is 35.3 Å². The van der Waals surface area contributed by atoms with Crippen LogP contribution in [-0.4, -0.2) is 27.3 Å². The van der Waals surface area contributed by atoms with E-state index in [-0.39, 0.29) is 12.4 Å². The molecule has 0 saturated carbocycles. The molecule has 2 aromatic rings. The number of benzene rings is 1. The normalized spacial score (nSPS) is 12.5. The Bertz CT molecular complexity index is 1180. The predicted molar refractivity (Wildman–Crippen MR) is 173 cm³/mol. The SMILES string of the molecule is CCCCCCCCCCCCCCCCCCN1C(=C=Cc2sc(=S)n(CC(=O)O)c2O)Sc2ccccc21. The van der Waals surface area contributed by atoms with Crippen molar-refractivity contribution in [1.29, 1.82) is 0 Å². The number of anilines is 1. The maximum Gasteiger partial charge on any atom is 0.323 e. The van der Waals surface area contributed by atoms with Crippen molar-refractivity contribution in [3.8, 4) is 5.88 Å². The second kappa shape index (κ2) is 18.4. The molecule has 1 aliphatic heterocycles. The van der Waals surface area contributed by atoms with Crippen molar-refractivity contribution in [2.75, 3.05) is 11.4 Å². The van der Waals surface area contributed by atoms with Crippen LogP contribution in [0.1, 0.15) is 115 Å². The molecule has 0 saturated heterocycles. The lowest BCUT2D eigenvalue weighted by Gasteiger charge is -2.19. The van der Waals surface area contributed by atoms with E-state index >= 15 is 0 Å². The van der Waals surface area contributed by atoms with Gasteiger partial charge in [0.2, 0.25) is 5.88 Å². The molecule has 0 spiro atoms. The van der Waals surface area contributed by atoms with E-state index in [4.69, 9.17) is 17.3 Å². The number of thioether (sulfide) groups is 1. The van der Waals surface area contributed by atoms with E-state index in [2.05, 4.69) is 41.8 Å². The molecule has 1 aliphatic rings. The summed E-state index contributed by atoms with van der Waals surface area (Å²) in [6, 6.07) is 8.39. The third kappa shape index (κ3) is 10.8. The van der Waals surface area contributed by atoms with Crippen molar-refractivity contribution in [3.63, 3.8) is 0 Å². The monoisotopic (exact) mass is 602 g/mol. The first-order valence-corrected chi connectivity index (χ1v) is 17.2. The lowest BCUT2D eigenvalue weighted by atomic mass is 10.0. The van der Waals surface area contributed by atoms with E-state index in [0.29, 0.717) is 8.83 Å². The Morgan fingerprint density at radius 1 is 0.900 bits per heavy atom. The van der Waals surface area contributed by atoms with Gasteiger partial charge in [0.1, 0.15) is 11.6 Å². The third-order valence-corrected chi connectivity index (χ3v) is 9.84. The fourth-order valence-corrected chi connectivity index (χ4v) is 7.34. The molecule has 0 amide bonds. The maximum atomic E-state index is 11.1. The van der Waals surface area contributed by atoms with Crippen LogP contribution in [0.25, 0.3) is 6.08 Å². The number of fused-ring (bicyclic) bond motifs is 1. The van der Waals surface area contributed by atoms with E-state index in [1.807, 2.05) is 0 Å². The van der Waals surface area contributed by atoms with E-state index in [9.17, 15) is 9.90 Å². The summed E-state index contributed by atoms with van der Waals surface area (Å²) in [7, 11) is 0. The summed E-state index contributed by atoms with van der Waals surface area (Å²) >= 11 is 8.12. The van der Waals surface area contributed by atoms with Gasteiger partial charge in [0.15, 0.2) is 3.95 Å². The van der Waals surface area contributed by atoms with E-state index in [1.165, 1.54) is 123 Å². The number of rotatable bonds is 20. The molecule has 1 aromatic heterocycles. The molecule has 2 N–H and O–H groups in total. The average Bonchev–Trinajstić information content (AvgIpc) is 3.42. The Morgan fingerprint density at radius 2 is 1.45 bits per heavy atom. The number of carboxylic acid groups (broad SMARTS) is 1. The van der Waals surface area contributed by atoms with Gasteiger partial charge in [-0.25, -0.2) is 0 Å². The van der Waals surface area contributed by atoms with Gasteiger partial charge < -0.3 is 15.1 Å². The Kier molecular flexibility index (Phi) is 15.0. The molecule has 0 bridgehead atoms. The summed E-state index contributed by atoms with van der Waals surface area (Å²) in [6.45, 7) is 2.86. The molecular weight excluding hydrogens is 557 g/mol. The summed E-state index contributed by atoms with van der Waals surface area (Å²) in [4.78, 5) is 15.1. The fraction of sp³-hybridized carbons (Fsp3) is 0.594. The molecule has 8 heteroatoms. The van der Waals surface area contributed by atoms with Gasteiger partial charge in [-0.15, -0.1) is 11.3 Å². The lowest BCUT2D eigenvalue weighted by molar-refractivity contribution is -0.137. The second-order valence-corrected chi connectivity index (χ2v) is 13.4. The molecule has 0 aliphatic carbocycles. The summed E-state index contributed by atoms with van der Waals surface area (Å²) in [5, 5.41) is 20.6. The number of aromatic nitrogens is 1. The van der Waals surface area contributed by atoms with Crippen LogP contribution in [0.4, 0.5) is 5.69 Å². The van der Waals surface area contributed by atoms with Crippen LogP contribution in [-0.2, 0) is 11.3 Å². The zero-order valence-corrected chi connectivity index (χ0v) is 26.5. The van der Waals surface area contributed by atoms with Crippen LogP contribution in [0.3, 0.4) is 0 Å². The first-order valence-electron chi connectivity index (χ1n) is 15.2. The van der Waals surface area contributed by atoms with E-state index in [0.717, 1.165) is 18.0 Å². The van der Waals surface area contributed by atoms with Crippen LogP contribution in [0.15, 0.2) is 39.9 Å². The number of carboxylic acids is 1. The molecule has 0 radical (unpaired) electrons. The van der Waals surface area contributed by atoms with Gasteiger partial charge in [-0.3, -0.25) is 9.36 Å². The topological polar surface area (TPSA) is 65.7 Å². The highest BCUT2D eigenvalue weighted by Crippen LogP contribution is 2.45. The minimum atomic E-state index is -1.04. The van der Waals surface area contributed by atoms with Gasteiger partial charge >= 0.3 is 5.97 Å². The van der Waals surface area contributed by atoms with E-state index in [1.54, 1.807) is 17.8 Å². The lowest BCUT2D eigenvalue weighted by Crippen LogP contribution is -2.18. The van der Waals surface area contributed by atoms with Crippen molar-refractivity contribution in [2.45, 2.75) is 121 Å². The minimum Gasteiger partial charge on any atom is -0.493 e. The Morgan fingerprint density at radius 3 is 2.02 bits per heavy atom. The van der Waals surface area contributed by atoms with Crippen LogP contribution < -0.4 is 4.90 Å². The van der Waals surface area contributed by atoms with Crippen LogP contribution in [0, 0.1) is 3.95 Å². The second-order valence-electron chi connectivity index (χ2n) is 10.7. The zero-order valence-electron chi connectivity index (χ0n) is 24.0. The number of nitrogens with zero attached hydrogens (tertiary/aromatic N) is 2. The quantitative estimate of drug-likeness (QED) is 0.0893. The van der Waals surface area contributed by atoms with E-state index < -0.39 is 5.97 Å². The molecule has 0 atom stereocenters. The zero-order chi connectivity index (χ0) is 28.6. The van der Waals surface area contributed by atoms with Gasteiger partial charge in [-0.05, 0) is 30.8 Å². The molecule has 0 fully saturated rings. The fourth-order valence-electron chi connectivity index (χ4n) is 5.09. The standard InChI is InChI=1S/C32H46N2O3S3/c1-2-3-4-5-6-7-8-9-10-11-12-13-14-15-16-19-24-33-26-20-17-18-21-27(26)39-29(33)23-22-28-31(37)34(25-30(35)36)32(38)40-28/h17-18,20-22,37H,2-16,19,24-25H2,1H3,(H,35,36). The number of aliphatic carboxylic acids is 1. The molecule has 5 nitrogen and oxygen atoms in total. The number of para-hydroxylation sites is 1. The number of hydrogen-bond donors (Lipinski definition) is 2. The van der Waals surface area contributed by atoms with Crippen molar-refractivity contribution in [3.05, 3.63) is 43.9 Å². The van der Waals surface area contributed by atoms with Crippen LogP contribution in [0.2, 0.25) is 0 Å². The first-order chi connectivity index (χ1) is 19.5. The van der Waals surface area contributed by atoms with Crippen molar-refractivity contribution < 1.29 is 15.0 Å². The number of thiazole rings is 1. The van der Waals surface area contributed by atoms with Crippen LogP contribution in [0.5, 0.6) is 5.88 Å². The van der Waals surface area contributed by atoms with Crippen molar-refractivity contribution in [2.24, 2.45) is 0 Å². The highest BCUT2D eigenvalue weighted by Gasteiger charge is 2.24. The summed E-state index contributed by atoms with van der Waals surface area (Å²) in [5.41, 5.74) is 4.56. The molecular formula is C32H46N2O3S3. The Balaban J connectivity index is 1.38. The highest BCUT2D eigenvalue weighted by atomic mass is 32.2. The largest absolute Gasteiger partial charge is 0.493 e. The molecule has 40 heavy (non-hydrogen) atoms. The van der Waals surface area contributed by atoms with Gasteiger partial charge in [-0.2, -0.15) is 0 Å². The van der Waals surface area contributed by atoms with Gasteiger partial charge in [0, 0.05) is 17.5 Å². The smallest absolute Gasteiger partial charge is 0.323 e. The van der Waals surface area contributed by atoms with Gasteiger partial charge in [0.05, 0.1) is 10.6 Å². The molecule has 0 unspecified atom stereocenters.